The summed E-state index contributed by atoms with van der Waals surface area (Å²) >= 11 is 0. The molecule has 98 valence electrons. The number of Topliss-reactive ketones (excluding diaryl/α,β-unsaturated/α-hetero) is 1. The molecule has 1 rings (SSSR count). The molecule has 0 spiro atoms. The van der Waals surface area contributed by atoms with Crippen molar-refractivity contribution in [3.8, 4) is 0 Å². The average Bonchev–Trinajstić information content (AvgIpc) is 2.33. The minimum Gasteiger partial charge on any atom is -0.466 e. The third-order valence-corrected chi connectivity index (χ3v) is 3.43. The third kappa shape index (κ3) is 5.33. The molecule has 0 radical (unpaired) electrons. The fourth-order valence-corrected chi connectivity index (χ4v) is 2.44. The normalized spacial score (nSPS) is 24.4. The van der Waals surface area contributed by atoms with E-state index in [4.69, 9.17) is 4.74 Å². The van der Waals surface area contributed by atoms with Gasteiger partial charge in [0.15, 0.2) is 0 Å². The van der Waals surface area contributed by atoms with Gasteiger partial charge in [0.05, 0.1) is 13.0 Å². The van der Waals surface area contributed by atoms with Crippen molar-refractivity contribution >= 4 is 11.8 Å². The first kappa shape index (κ1) is 14.2. The van der Waals surface area contributed by atoms with Crippen LogP contribution in [0.2, 0.25) is 0 Å². The number of carbonyl (C=O) groups is 2. The molecule has 2 unspecified atom stereocenters. The van der Waals surface area contributed by atoms with Crippen LogP contribution in [0.15, 0.2) is 0 Å². The maximum atomic E-state index is 11.9. The monoisotopic (exact) mass is 240 g/mol. The number of ether oxygens (including phenoxy) is 1. The van der Waals surface area contributed by atoms with Crippen LogP contribution in [0.1, 0.15) is 58.8 Å². The summed E-state index contributed by atoms with van der Waals surface area (Å²) in [5.41, 5.74) is 0. The van der Waals surface area contributed by atoms with Gasteiger partial charge in [-0.05, 0) is 25.2 Å². The second-order valence-electron chi connectivity index (χ2n) is 5.16. The molecular formula is C14H24O3. The van der Waals surface area contributed by atoms with Crippen LogP contribution in [0.4, 0.5) is 0 Å². The molecule has 3 heteroatoms. The summed E-state index contributed by atoms with van der Waals surface area (Å²) in [5, 5.41) is 0. The van der Waals surface area contributed by atoms with Gasteiger partial charge >= 0.3 is 5.97 Å². The lowest BCUT2D eigenvalue weighted by Crippen LogP contribution is -2.22. The Morgan fingerprint density at radius 2 is 2.00 bits per heavy atom. The quantitative estimate of drug-likeness (QED) is 0.670. The summed E-state index contributed by atoms with van der Waals surface area (Å²) in [7, 11) is 0. The Morgan fingerprint density at radius 1 is 1.24 bits per heavy atom. The maximum Gasteiger partial charge on any atom is 0.306 e. The van der Waals surface area contributed by atoms with Crippen molar-refractivity contribution < 1.29 is 14.3 Å². The van der Waals surface area contributed by atoms with Gasteiger partial charge < -0.3 is 4.74 Å². The molecule has 0 bridgehead atoms. The molecular weight excluding hydrogens is 216 g/mol. The molecule has 0 aromatic rings. The number of carbonyl (C=O) groups excluding carboxylic acids is 2. The molecule has 0 N–H and O–H groups in total. The molecule has 1 fully saturated rings. The summed E-state index contributed by atoms with van der Waals surface area (Å²) in [5.74, 6) is 0.872. The Hall–Kier alpha value is -0.860. The minimum absolute atomic E-state index is 0.192. The van der Waals surface area contributed by atoms with Crippen LogP contribution in [0.25, 0.3) is 0 Å². The zero-order chi connectivity index (χ0) is 12.7. The van der Waals surface area contributed by atoms with Crippen LogP contribution in [-0.2, 0) is 14.3 Å². The van der Waals surface area contributed by atoms with E-state index >= 15 is 0 Å². The molecule has 17 heavy (non-hydrogen) atoms. The Balaban J connectivity index is 2.22. The van der Waals surface area contributed by atoms with Crippen molar-refractivity contribution in [2.45, 2.75) is 58.8 Å². The Bertz CT molecular complexity index is 260. The van der Waals surface area contributed by atoms with Gasteiger partial charge in [0, 0.05) is 12.3 Å². The highest BCUT2D eigenvalue weighted by Crippen LogP contribution is 2.30. The van der Waals surface area contributed by atoms with Crippen molar-refractivity contribution in [1.82, 2.24) is 0 Å². The smallest absolute Gasteiger partial charge is 0.306 e. The fraction of sp³-hybridized carbons (Fsp3) is 0.857. The molecule has 1 saturated carbocycles. The highest BCUT2D eigenvalue weighted by atomic mass is 16.5. The van der Waals surface area contributed by atoms with Gasteiger partial charge in [0.1, 0.15) is 5.78 Å². The van der Waals surface area contributed by atoms with Gasteiger partial charge in [-0.15, -0.1) is 0 Å². The van der Waals surface area contributed by atoms with Crippen molar-refractivity contribution in [3.05, 3.63) is 0 Å². The first-order valence-electron chi connectivity index (χ1n) is 6.81. The maximum absolute atomic E-state index is 11.9. The lowest BCUT2D eigenvalue weighted by atomic mass is 9.79. The molecule has 3 nitrogen and oxygen atoms in total. The van der Waals surface area contributed by atoms with Crippen LogP contribution in [0, 0.1) is 11.8 Å². The van der Waals surface area contributed by atoms with E-state index in [0.717, 1.165) is 25.7 Å². The van der Waals surface area contributed by atoms with Crippen LogP contribution in [-0.4, -0.2) is 18.4 Å². The van der Waals surface area contributed by atoms with E-state index in [2.05, 4.69) is 6.92 Å². The highest BCUT2D eigenvalue weighted by molar-refractivity contribution is 5.84. The van der Waals surface area contributed by atoms with Crippen LogP contribution < -0.4 is 0 Å². The van der Waals surface area contributed by atoms with Crippen molar-refractivity contribution in [1.29, 1.82) is 0 Å². The summed E-state index contributed by atoms with van der Waals surface area (Å²) < 4.78 is 4.96. The zero-order valence-electron chi connectivity index (χ0n) is 11.0. The lowest BCUT2D eigenvalue weighted by Gasteiger charge is -2.25. The van der Waals surface area contributed by atoms with Crippen molar-refractivity contribution in [2.24, 2.45) is 11.8 Å². The van der Waals surface area contributed by atoms with E-state index in [9.17, 15) is 9.59 Å². The molecule has 0 saturated heterocycles. The van der Waals surface area contributed by atoms with Gasteiger partial charge in [0.25, 0.3) is 0 Å². The first-order valence-corrected chi connectivity index (χ1v) is 6.81. The largest absolute Gasteiger partial charge is 0.466 e. The van der Waals surface area contributed by atoms with Gasteiger partial charge in [-0.3, -0.25) is 9.59 Å². The van der Waals surface area contributed by atoms with E-state index in [1.54, 1.807) is 0 Å². The standard InChI is InChI=1S/C14H24O3/c1-3-9-17-14(16)8-7-13(15)12-6-4-5-11(2)10-12/h11-12H,3-10H2,1-2H3. The lowest BCUT2D eigenvalue weighted by molar-refractivity contribution is -0.145. The van der Waals surface area contributed by atoms with Gasteiger partial charge in [-0.25, -0.2) is 0 Å². The predicted molar refractivity (Wildman–Crippen MR) is 66.6 cm³/mol. The number of rotatable bonds is 6. The summed E-state index contributed by atoms with van der Waals surface area (Å²) in [6.07, 6.45) is 5.85. The van der Waals surface area contributed by atoms with E-state index in [1.807, 2.05) is 6.92 Å². The van der Waals surface area contributed by atoms with Gasteiger partial charge in [-0.1, -0.05) is 26.7 Å². The van der Waals surface area contributed by atoms with E-state index < -0.39 is 0 Å². The second kappa shape index (κ2) is 7.46. The van der Waals surface area contributed by atoms with Crippen LogP contribution >= 0.6 is 0 Å². The first-order chi connectivity index (χ1) is 8.13. The van der Waals surface area contributed by atoms with Gasteiger partial charge in [0.2, 0.25) is 0 Å². The van der Waals surface area contributed by atoms with Gasteiger partial charge in [-0.2, -0.15) is 0 Å². The topological polar surface area (TPSA) is 43.4 Å². The molecule has 0 aliphatic heterocycles. The van der Waals surface area contributed by atoms with E-state index in [-0.39, 0.29) is 24.1 Å². The van der Waals surface area contributed by atoms with Crippen LogP contribution in [0.5, 0.6) is 0 Å². The Morgan fingerprint density at radius 3 is 2.65 bits per heavy atom. The second-order valence-corrected chi connectivity index (χ2v) is 5.16. The van der Waals surface area contributed by atoms with Crippen LogP contribution in [0.3, 0.4) is 0 Å². The van der Waals surface area contributed by atoms with Crippen molar-refractivity contribution in [2.75, 3.05) is 6.61 Å². The fourth-order valence-electron chi connectivity index (χ4n) is 2.44. The molecule has 1 aliphatic carbocycles. The number of hydrogen-bond donors (Lipinski definition) is 0. The third-order valence-electron chi connectivity index (χ3n) is 3.43. The molecule has 1 aliphatic rings. The number of ketones is 1. The predicted octanol–water partition coefficient (Wildman–Crippen LogP) is 3.12. The summed E-state index contributed by atoms with van der Waals surface area (Å²) in [6.45, 7) is 4.63. The Labute approximate surface area is 104 Å². The molecule has 0 heterocycles. The number of esters is 1. The molecule has 0 aromatic heterocycles. The summed E-state index contributed by atoms with van der Waals surface area (Å²) in [6, 6.07) is 0. The highest BCUT2D eigenvalue weighted by Gasteiger charge is 2.25. The zero-order valence-corrected chi connectivity index (χ0v) is 11.0. The average molecular weight is 240 g/mol. The summed E-state index contributed by atoms with van der Waals surface area (Å²) in [4.78, 5) is 23.2. The molecule has 0 amide bonds. The van der Waals surface area contributed by atoms with E-state index in [0.29, 0.717) is 18.9 Å². The molecule has 0 aromatic carbocycles. The molecule has 2 atom stereocenters. The minimum atomic E-state index is -0.232. The van der Waals surface area contributed by atoms with E-state index in [1.165, 1.54) is 6.42 Å². The Kier molecular flexibility index (Phi) is 6.23. The SMILES string of the molecule is CCCOC(=O)CCC(=O)C1CCCC(C)C1. The number of hydrogen-bond acceptors (Lipinski definition) is 3. The van der Waals surface area contributed by atoms with Crippen molar-refractivity contribution in [3.63, 3.8) is 0 Å².